The molecule has 0 aliphatic carbocycles. The Morgan fingerprint density at radius 2 is 2.24 bits per heavy atom. The number of β-amino-alcohol motifs (C(OH)–C–C–N with tert-alkyl or cyclic N) is 1. The molecule has 0 spiro atoms. The summed E-state index contributed by atoms with van der Waals surface area (Å²) in [6.07, 6.45) is 3.41. The third-order valence-electron chi connectivity index (χ3n) is 4.64. The van der Waals surface area contributed by atoms with Crippen molar-refractivity contribution >= 4 is 28.6 Å². The Balaban J connectivity index is 1.65. The molecule has 1 aliphatic heterocycles. The Hall–Kier alpha value is -3.72. The van der Waals surface area contributed by atoms with Crippen LogP contribution < -0.4 is 5.32 Å². The number of hydrogen-bond acceptors (Lipinski definition) is 7. The van der Waals surface area contributed by atoms with Crippen molar-refractivity contribution in [3.8, 4) is 11.4 Å². The zero-order valence-corrected chi connectivity index (χ0v) is 15.7. The highest BCUT2D eigenvalue weighted by atomic mass is 16.5. The minimum absolute atomic E-state index is 0.0891. The summed E-state index contributed by atoms with van der Waals surface area (Å²) in [4.78, 5) is 38.0. The van der Waals surface area contributed by atoms with E-state index >= 15 is 0 Å². The maximum absolute atomic E-state index is 12.6. The van der Waals surface area contributed by atoms with E-state index in [0.29, 0.717) is 11.5 Å². The molecule has 1 amide bonds. The summed E-state index contributed by atoms with van der Waals surface area (Å²) in [5.74, 6) is -0.256. The van der Waals surface area contributed by atoms with Crippen LogP contribution in [0, 0.1) is 0 Å². The zero-order chi connectivity index (χ0) is 20.4. The van der Waals surface area contributed by atoms with E-state index in [1.165, 1.54) is 12.0 Å². The van der Waals surface area contributed by atoms with Crippen molar-refractivity contribution < 1.29 is 19.4 Å². The number of aromatic nitrogens is 3. The molecule has 1 aromatic carbocycles. The van der Waals surface area contributed by atoms with Gasteiger partial charge in [0.1, 0.15) is 11.5 Å². The maximum atomic E-state index is 12.6. The van der Waals surface area contributed by atoms with Crippen LogP contribution in [-0.2, 0) is 14.3 Å². The number of nitrogens with one attached hydrogen (secondary N) is 2. The number of anilines is 1. The van der Waals surface area contributed by atoms with Crippen LogP contribution in [0.3, 0.4) is 0 Å². The number of benzene rings is 1. The normalized spacial score (nSPS) is 14.0. The van der Waals surface area contributed by atoms with E-state index in [9.17, 15) is 9.59 Å². The van der Waals surface area contributed by atoms with E-state index < -0.39 is 5.97 Å². The zero-order valence-electron chi connectivity index (χ0n) is 15.7. The third kappa shape index (κ3) is 3.55. The van der Waals surface area contributed by atoms with E-state index in [2.05, 4.69) is 20.3 Å². The van der Waals surface area contributed by atoms with E-state index in [1.807, 2.05) is 24.3 Å². The number of ether oxygens (including phenoxy) is 1. The summed E-state index contributed by atoms with van der Waals surface area (Å²) in [7, 11) is 1.27. The molecule has 3 aromatic rings. The number of H-pyrrole nitrogens is 1. The lowest BCUT2D eigenvalue weighted by Gasteiger charge is -2.15. The minimum atomic E-state index is -0.581. The summed E-state index contributed by atoms with van der Waals surface area (Å²) in [6.45, 7) is 0.0368. The molecule has 0 bridgehead atoms. The van der Waals surface area contributed by atoms with Crippen LogP contribution in [0.15, 0.2) is 54.0 Å². The van der Waals surface area contributed by atoms with Gasteiger partial charge in [0.15, 0.2) is 0 Å². The highest BCUT2D eigenvalue weighted by Gasteiger charge is 2.34. The number of rotatable bonds is 6. The van der Waals surface area contributed by atoms with Gasteiger partial charge in [-0.3, -0.25) is 9.78 Å². The molecule has 9 heteroatoms. The Morgan fingerprint density at radius 3 is 2.97 bits per heavy atom. The molecule has 0 unspecified atom stereocenters. The molecule has 9 nitrogen and oxygen atoms in total. The minimum Gasteiger partial charge on any atom is -0.466 e. The fraction of sp³-hybridized carbons (Fsp3) is 0.200. The summed E-state index contributed by atoms with van der Waals surface area (Å²) in [6, 6.07) is 9.15. The van der Waals surface area contributed by atoms with Gasteiger partial charge in [0.25, 0.3) is 5.91 Å². The SMILES string of the molecule is COC(=O)C1=C(Nc2ccc3nc(-c4cccnc4)[nH]c3c2)C(=O)N(CCO)C1. The van der Waals surface area contributed by atoms with E-state index in [0.717, 1.165) is 16.6 Å². The first-order valence-electron chi connectivity index (χ1n) is 8.99. The molecule has 0 saturated carbocycles. The lowest BCUT2D eigenvalue weighted by molar-refractivity contribution is -0.136. The number of carbonyl (C=O) groups excluding carboxylic acids is 2. The molecule has 4 rings (SSSR count). The van der Waals surface area contributed by atoms with E-state index in [1.54, 1.807) is 18.5 Å². The highest BCUT2D eigenvalue weighted by molar-refractivity contribution is 6.08. The van der Waals surface area contributed by atoms with Crippen molar-refractivity contribution in [2.45, 2.75) is 0 Å². The van der Waals surface area contributed by atoms with Gasteiger partial charge in [-0.25, -0.2) is 9.78 Å². The molecule has 0 fully saturated rings. The van der Waals surface area contributed by atoms with Gasteiger partial charge in [-0.2, -0.15) is 0 Å². The summed E-state index contributed by atoms with van der Waals surface area (Å²) < 4.78 is 4.80. The molecule has 3 N–H and O–H groups in total. The number of aliphatic hydroxyl groups is 1. The smallest absolute Gasteiger partial charge is 0.337 e. The van der Waals surface area contributed by atoms with Gasteiger partial charge < -0.3 is 25.0 Å². The fourth-order valence-corrected chi connectivity index (χ4v) is 3.22. The van der Waals surface area contributed by atoms with Crippen LogP contribution in [0.4, 0.5) is 5.69 Å². The van der Waals surface area contributed by atoms with Crippen molar-refractivity contribution in [1.82, 2.24) is 19.9 Å². The molecule has 1 aliphatic rings. The number of aromatic amines is 1. The average Bonchev–Trinajstić information content (AvgIpc) is 3.30. The van der Waals surface area contributed by atoms with Crippen LogP contribution in [-0.4, -0.2) is 63.6 Å². The van der Waals surface area contributed by atoms with Gasteiger partial charge in [-0.1, -0.05) is 0 Å². The van der Waals surface area contributed by atoms with Gasteiger partial charge in [-0.15, -0.1) is 0 Å². The molecule has 0 saturated heterocycles. The molecule has 148 valence electrons. The molecule has 3 heterocycles. The van der Waals surface area contributed by atoms with Crippen LogP contribution in [0.25, 0.3) is 22.4 Å². The number of hydrogen-bond donors (Lipinski definition) is 3. The standard InChI is InChI=1S/C20H19N5O4/c1-29-20(28)14-11-25(7-8-26)19(27)17(14)22-13-4-5-15-16(9-13)24-18(23-15)12-3-2-6-21-10-12/h2-6,9-10,22,26H,7-8,11H2,1H3,(H,23,24). The van der Waals surface area contributed by atoms with Gasteiger partial charge >= 0.3 is 5.97 Å². The number of aliphatic hydroxyl groups excluding tert-OH is 1. The quantitative estimate of drug-likeness (QED) is 0.540. The number of methoxy groups -OCH3 is 1. The summed E-state index contributed by atoms with van der Waals surface area (Å²) >= 11 is 0. The number of carbonyl (C=O) groups is 2. The second-order valence-electron chi connectivity index (χ2n) is 6.48. The number of fused-ring (bicyclic) bond motifs is 1. The molecular formula is C20H19N5O4. The predicted molar refractivity (Wildman–Crippen MR) is 106 cm³/mol. The van der Waals surface area contributed by atoms with Crippen molar-refractivity contribution in [3.05, 3.63) is 54.0 Å². The van der Waals surface area contributed by atoms with Gasteiger partial charge in [-0.05, 0) is 30.3 Å². The molecule has 0 radical (unpaired) electrons. The van der Waals surface area contributed by atoms with E-state index in [4.69, 9.17) is 9.84 Å². The first kappa shape index (κ1) is 18.6. The average molecular weight is 393 g/mol. The number of amides is 1. The topological polar surface area (TPSA) is 120 Å². The number of imidazole rings is 1. The number of nitrogens with zero attached hydrogens (tertiary/aromatic N) is 3. The Bertz CT molecular complexity index is 1110. The van der Waals surface area contributed by atoms with Crippen molar-refractivity contribution in [2.24, 2.45) is 0 Å². The Morgan fingerprint density at radius 1 is 1.38 bits per heavy atom. The maximum Gasteiger partial charge on any atom is 0.337 e. The van der Waals surface area contributed by atoms with E-state index in [-0.39, 0.29) is 36.9 Å². The molecule has 29 heavy (non-hydrogen) atoms. The summed E-state index contributed by atoms with van der Waals surface area (Å²) in [5, 5.41) is 12.2. The lowest BCUT2D eigenvalue weighted by Crippen LogP contribution is -2.31. The van der Waals surface area contributed by atoms with Crippen molar-refractivity contribution in [3.63, 3.8) is 0 Å². The van der Waals surface area contributed by atoms with Crippen molar-refractivity contribution in [1.29, 1.82) is 0 Å². The largest absolute Gasteiger partial charge is 0.466 e. The number of esters is 1. The van der Waals surface area contributed by atoms with Crippen LogP contribution in [0.1, 0.15) is 0 Å². The predicted octanol–water partition coefficient (Wildman–Crippen LogP) is 1.30. The van der Waals surface area contributed by atoms with Crippen LogP contribution in [0.2, 0.25) is 0 Å². The van der Waals surface area contributed by atoms with Crippen LogP contribution >= 0.6 is 0 Å². The molecule has 2 aromatic heterocycles. The fourth-order valence-electron chi connectivity index (χ4n) is 3.22. The lowest BCUT2D eigenvalue weighted by atomic mass is 10.2. The Labute approximate surface area is 166 Å². The highest BCUT2D eigenvalue weighted by Crippen LogP contribution is 2.26. The van der Waals surface area contributed by atoms with Crippen molar-refractivity contribution in [2.75, 3.05) is 32.1 Å². The monoisotopic (exact) mass is 393 g/mol. The Kier molecular flexibility index (Phi) is 4.96. The first-order valence-corrected chi connectivity index (χ1v) is 8.99. The first-order chi connectivity index (χ1) is 14.1. The third-order valence-corrected chi connectivity index (χ3v) is 4.64. The van der Waals surface area contributed by atoms with Crippen LogP contribution in [0.5, 0.6) is 0 Å². The number of pyridine rings is 1. The second-order valence-corrected chi connectivity index (χ2v) is 6.48. The summed E-state index contributed by atoms with van der Waals surface area (Å²) in [5.41, 5.74) is 3.39. The molecule has 0 atom stereocenters. The van der Waals surface area contributed by atoms with Gasteiger partial charge in [0.05, 0.1) is 36.9 Å². The van der Waals surface area contributed by atoms with Gasteiger partial charge in [0, 0.05) is 30.2 Å². The molecular weight excluding hydrogens is 374 g/mol. The van der Waals surface area contributed by atoms with Gasteiger partial charge in [0.2, 0.25) is 0 Å². The second kappa shape index (κ2) is 7.72.